The van der Waals surface area contributed by atoms with E-state index in [4.69, 9.17) is 4.52 Å². The van der Waals surface area contributed by atoms with E-state index in [9.17, 15) is 4.79 Å². The number of rotatable bonds is 2. The van der Waals surface area contributed by atoms with Gasteiger partial charge in [-0.25, -0.2) is 0 Å². The first-order chi connectivity index (χ1) is 8.54. The summed E-state index contributed by atoms with van der Waals surface area (Å²) in [5.41, 5.74) is 3.35. The van der Waals surface area contributed by atoms with Crippen LogP contribution in [0.15, 0.2) is 9.32 Å². The topological polar surface area (TPSA) is 74.7 Å². The van der Waals surface area contributed by atoms with Gasteiger partial charge >= 0.3 is 0 Å². The number of aromatic amines is 2. The Hall–Kier alpha value is -1.78. The fourth-order valence-corrected chi connectivity index (χ4v) is 2.86. The van der Waals surface area contributed by atoms with Crippen molar-refractivity contribution >= 4 is 0 Å². The molecule has 0 aliphatic heterocycles. The Morgan fingerprint density at radius 3 is 2.89 bits per heavy atom. The van der Waals surface area contributed by atoms with Crippen LogP contribution in [-0.2, 0) is 18.3 Å². The Kier molecular flexibility index (Phi) is 2.27. The maximum atomic E-state index is 11.9. The predicted molar refractivity (Wildman–Crippen MR) is 67.6 cm³/mol. The van der Waals surface area contributed by atoms with Crippen molar-refractivity contribution in [1.29, 1.82) is 0 Å². The highest BCUT2D eigenvalue weighted by Crippen LogP contribution is 2.41. The second kappa shape index (κ2) is 3.60. The lowest BCUT2D eigenvalue weighted by Crippen LogP contribution is -2.30. The smallest absolute Gasteiger partial charge is 0.268 e. The molecule has 0 spiro atoms. The molecule has 0 aromatic carbocycles. The zero-order valence-electron chi connectivity index (χ0n) is 10.9. The molecule has 96 valence electrons. The number of nitrogens with one attached hydrogen (secondary N) is 2. The fourth-order valence-electron chi connectivity index (χ4n) is 2.86. The first-order valence-corrected chi connectivity index (χ1v) is 6.33. The van der Waals surface area contributed by atoms with Crippen LogP contribution in [0.25, 0.3) is 11.3 Å². The van der Waals surface area contributed by atoms with Gasteiger partial charge in [0.15, 0.2) is 0 Å². The number of fused-ring (bicyclic) bond motifs is 3. The summed E-state index contributed by atoms with van der Waals surface area (Å²) in [6.45, 7) is 6.22. The predicted octanol–water partition coefficient (Wildman–Crippen LogP) is 2.14. The molecule has 2 aromatic rings. The normalized spacial score (nSPS) is 16.4. The molecule has 2 heterocycles. The van der Waals surface area contributed by atoms with E-state index < -0.39 is 0 Å². The summed E-state index contributed by atoms with van der Waals surface area (Å²) in [4.78, 5) is 11.9. The maximum absolute atomic E-state index is 11.9. The van der Waals surface area contributed by atoms with Gasteiger partial charge < -0.3 is 4.52 Å². The van der Waals surface area contributed by atoms with Gasteiger partial charge in [0.25, 0.3) is 5.56 Å². The first kappa shape index (κ1) is 11.3. The van der Waals surface area contributed by atoms with Crippen LogP contribution in [0.4, 0.5) is 0 Å². The number of H-pyrrole nitrogens is 2. The van der Waals surface area contributed by atoms with E-state index in [1.807, 2.05) is 0 Å². The van der Waals surface area contributed by atoms with E-state index in [1.165, 1.54) is 0 Å². The molecule has 2 aromatic heterocycles. The molecule has 18 heavy (non-hydrogen) atoms. The molecule has 0 bridgehead atoms. The van der Waals surface area contributed by atoms with Crippen LogP contribution in [-0.4, -0.2) is 15.4 Å². The molecule has 0 saturated carbocycles. The van der Waals surface area contributed by atoms with Crippen LogP contribution in [0, 0.1) is 0 Å². The summed E-state index contributed by atoms with van der Waals surface area (Å²) in [7, 11) is 0. The lowest BCUT2D eigenvalue weighted by Gasteiger charge is -2.27. The average molecular weight is 247 g/mol. The molecule has 3 rings (SSSR count). The van der Waals surface area contributed by atoms with Crippen LogP contribution >= 0.6 is 0 Å². The van der Waals surface area contributed by atoms with Crippen LogP contribution in [0.1, 0.15) is 44.2 Å². The lowest BCUT2D eigenvalue weighted by molar-refractivity contribution is 0.347. The highest BCUT2D eigenvalue weighted by atomic mass is 16.5. The minimum Gasteiger partial charge on any atom is -0.360 e. The Bertz CT molecular complexity index is 645. The van der Waals surface area contributed by atoms with Gasteiger partial charge in [-0.1, -0.05) is 32.3 Å². The molecule has 5 nitrogen and oxygen atoms in total. The molecule has 5 heteroatoms. The molecular formula is C13H17N3O2. The fraction of sp³-hybridized carbons (Fsp3) is 0.538. The number of hydrogen-bond donors (Lipinski definition) is 2. The minimum absolute atomic E-state index is 0.0377. The van der Waals surface area contributed by atoms with Gasteiger partial charge in [0.2, 0.25) is 0 Å². The molecule has 0 saturated heterocycles. The molecular weight excluding hydrogens is 230 g/mol. The van der Waals surface area contributed by atoms with Gasteiger partial charge in [-0.3, -0.25) is 15.0 Å². The Labute approximate surface area is 105 Å². The van der Waals surface area contributed by atoms with Gasteiger partial charge in [-0.05, 0) is 6.42 Å². The van der Waals surface area contributed by atoms with Crippen LogP contribution < -0.4 is 5.56 Å². The number of aryl methyl sites for hydroxylation is 1. The van der Waals surface area contributed by atoms with Gasteiger partial charge in [-0.15, -0.1) is 0 Å². The standard InChI is InChI=1S/C13H17N3O2/c1-4-5-7-9-8(18-16-7)6-13(2,3)10-11(9)14-15-12(10)17/h4-6H2,1-3H3,(H2,14,15,17). The van der Waals surface area contributed by atoms with E-state index >= 15 is 0 Å². The van der Waals surface area contributed by atoms with Crippen molar-refractivity contribution in [3.05, 3.63) is 27.4 Å². The van der Waals surface area contributed by atoms with Gasteiger partial charge in [-0.2, -0.15) is 0 Å². The highest BCUT2D eigenvalue weighted by Gasteiger charge is 2.38. The Morgan fingerprint density at radius 1 is 1.39 bits per heavy atom. The van der Waals surface area contributed by atoms with Crippen molar-refractivity contribution in [1.82, 2.24) is 15.4 Å². The molecule has 0 unspecified atom stereocenters. The summed E-state index contributed by atoms with van der Waals surface area (Å²) >= 11 is 0. The van der Waals surface area contributed by atoms with Crippen molar-refractivity contribution < 1.29 is 4.52 Å². The van der Waals surface area contributed by atoms with Crippen molar-refractivity contribution in [3.8, 4) is 11.3 Å². The van der Waals surface area contributed by atoms with Gasteiger partial charge in [0.05, 0.1) is 22.5 Å². The number of aromatic nitrogens is 3. The SMILES string of the molecule is CCCc1noc2c1-c1[nH][nH]c(=O)c1C(C)(C)C2. The molecule has 1 aliphatic rings. The zero-order valence-corrected chi connectivity index (χ0v) is 10.9. The van der Waals surface area contributed by atoms with E-state index in [2.05, 4.69) is 36.1 Å². The summed E-state index contributed by atoms with van der Waals surface area (Å²) in [6.07, 6.45) is 2.59. The second-order valence-electron chi connectivity index (χ2n) is 5.57. The van der Waals surface area contributed by atoms with E-state index in [0.29, 0.717) is 6.42 Å². The van der Waals surface area contributed by atoms with E-state index in [-0.39, 0.29) is 11.0 Å². The second-order valence-corrected chi connectivity index (χ2v) is 5.57. The zero-order chi connectivity index (χ0) is 12.9. The van der Waals surface area contributed by atoms with Crippen LogP contribution in [0.3, 0.4) is 0 Å². The quantitative estimate of drug-likeness (QED) is 0.853. The third kappa shape index (κ3) is 1.39. The van der Waals surface area contributed by atoms with Gasteiger partial charge in [0, 0.05) is 11.8 Å². The Morgan fingerprint density at radius 2 is 2.17 bits per heavy atom. The minimum atomic E-state index is -0.223. The van der Waals surface area contributed by atoms with Crippen molar-refractivity contribution in [2.24, 2.45) is 0 Å². The van der Waals surface area contributed by atoms with Crippen molar-refractivity contribution in [3.63, 3.8) is 0 Å². The number of hydrogen-bond acceptors (Lipinski definition) is 3. The molecule has 0 amide bonds. The van der Waals surface area contributed by atoms with E-state index in [0.717, 1.165) is 41.1 Å². The molecule has 2 N–H and O–H groups in total. The van der Waals surface area contributed by atoms with Crippen molar-refractivity contribution in [2.75, 3.05) is 0 Å². The molecule has 0 fully saturated rings. The summed E-state index contributed by atoms with van der Waals surface area (Å²) < 4.78 is 5.46. The van der Waals surface area contributed by atoms with Crippen LogP contribution in [0.5, 0.6) is 0 Å². The van der Waals surface area contributed by atoms with Crippen LogP contribution in [0.2, 0.25) is 0 Å². The first-order valence-electron chi connectivity index (χ1n) is 6.33. The van der Waals surface area contributed by atoms with Crippen molar-refractivity contribution in [2.45, 2.75) is 45.4 Å². The number of nitrogens with zero attached hydrogens (tertiary/aromatic N) is 1. The largest absolute Gasteiger partial charge is 0.360 e. The Balaban J connectivity index is 2.27. The maximum Gasteiger partial charge on any atom is 0.268 e. The average Bonchev–Trinajstić information content (AvgIpc) is 2.83. The summed E-state index contributed by atoms with van der Waals surface area (Å²) in [5, 5.41) is 9.82. The highest BCUT2D eigenvalue weighted by molar-refractivity contribution is 5.71. The summed E-state index contributed by atoms with van der Waals surface area (Å²) in [5.74, 6) is 0.881. The van der Waals surface area contributed by atoms with E-state index in [1.54, 1.807) is 0 Å². The molecule has 1 aliphatic carbocycles. The summed E-state index contributed by atoms with van der Waals surface area (Å²) in [6, 6.07) is 0. The molecule has 0 radical (unpaired) electrons. The molecule has 0 atom stereocenters. The van der Waals surface area contributed by atoms with Gasteiger partial charge in [0.1, 0.15) is 5.76 Å². The third-order valence-corrected chi connectivity index (χ3v) is 3.63. The monoisotopic (exact) mass is 247 g/mol. The lowest BCUT2D eigenvalue weighted by atomic mass is 9.74. The third-order valence-electron chi connectivity index (χ3n) is 3.63.